The van der Waals surface area contributed by atoms with Crippen LogP contribution in [0.1, 0.15) is 5.56 Å². The number of nitro benzene ring substituents is 1. The fourth-order valence-corrected chi connectivity index (χ4v) is 1.44. The fourth-order valence-electron chi connectivity index (χ4n) is 0.947. The van der Waals surface area contributed by atoms with Gasteiger partial charge in [-0.15, -0.1) is 0 Å². The molecule has 0 aliphatic carbocycles. The molecule has 0 saturated heterocycles. The molecule has 0 radical (unpaired) electrons. The lowest BCUT2D eigenvalue weighted by atomic mass is 10.1. The van der Waals surface area contributed by atoms with Crippen LogP contribution < -0.4 is 0 Å². The smallest absolute Gasteiger partial charge is 0.258 e. The van der Waals surface area contributed by atoms with Crippen molar-refractivity contribution in [2.75, 3.05) is 0 Å². The Hall–Kier alpha value is -1.18. The molecule has 0 aromatic heterocycles. The minimum Gasteiger partial charge on any atom is -0.258 e. The van der Waals surface area contributed by atoms with Crippen molar-refractivity contribution in [1.82, 2.24) is 0 Å². The Balaban J connectivity index is 3.55. The molecule has 0 aliphatic heterocycles. The standard InChI is InChI=1S/C7H2BrF4NO2/c8-5-4(9)2-1-3(7(10,11)12)6(5)13(14)15/h1-2H. The maximum absolute atomic E-state index is 12.8. The number of benzene rings is 1. The summed E-state index contributed by atoms with van der Waals surface area (Å²) >= 11 is 2.41. The number of hydrogen-bond acceptors (Lipinski definition) is 2. The van der Waals surface area contributed by atoms with E-state index in [4.69, 9.17) is 0 Å². The van der Waals surface area contributed by atoms with E-state index in [9.17, 15) is 27.7 Å². The Morgan fingerprint density at radius 1 is 1.33 bits per heavy atom. The van der Waals surface area contributed by atoms with E-state index >= 15 is 0 Å². The van der Waals surface area contributed by atoms with Gasteiger partial charge in [-0.25, -0.2) is 4.39 Å². The topological polar surface area (TPSA) is 43.1 Å². The second kappa shape index (κ2) is 3.76. The lowest BCUT2D eigenvalue weighted by molar-refractivity contribution is -0.389. The average molecular weight is 288 g/mol. The Morgan fingerprint density at radius 3 is 2.27 bits per heavy atom. The molecule has 1 aromatic carbocycles. The number of halogens is 5. The number of nitrogens with zero attached hydrogens (tertiary/aromatic N) is 1. The summed E-state index contributed by atoms with van der Waals surface area (Å²) in [6.07, 6.45) is -4.89. The van der Waals surface area contributed by atoms with Crippen LogP contribution in [0.2, 0.25) is 0 Å². The normalized spacial score (nSPS) is 11.5. The third-order valence-corrected chi connectivity index (χ3v) is 2.31. The van der Waals surface area contributed by atoms with Crippen LogP contribution in [-0.4, -0.2) is 4.92 Å². The van der Waals surface area contributed by atoms with Crippen molar-refractivity contribution in [3.63, 3.8) is 0 Å². The third kappa shape index (κ3) is 2.25. The molecule has 0 bridgehead atoms. The van der Waals surface area contributed by atoms with Crippen LogP contribution in [0.3, 0.4) is 0 Å². The molecular weight excluding hydrogens is 286 g/mol. The van der Waals surface area contributed by atoms with Gasteiger partial charge in [0.1, 0.15) is 15.9 Å². The van der Waals surface area contributed by atoms with Gasteiger partial charge in [0, 0.05) is 0 Å². The Kier molecular flexibility index (Phi) is 2.98. The van der Waals surface area contributed by atoms with Gasteiger partial charge < -0.3 is 0 Å². The second-order valence-corrected chi connectivity index (χ2v) is 3.31. The summed E-state index contributed by atoms with van der Waals surface area (Å²) in [5, 5.41) is 10.4. The molecule has 1 rings (SSSR count). The summed E-state index contributed by atoms with van der Waals surface area (Å²) in [4.78, 5) is 9.07. The minimum atomic E-state index is -4.89. The molecule has 0 saturated carbocycles. The van der Waals surface area contributed by atoms with E-state index in [-0.39, 0.29) is 0 Å². The van der Waals surface area contributed by atoms with E-state index in [1.807, 2.05) is 0 Å². The van der Waals surface area contributed by atoms with Gasteiger partial charge >= 0.3 is 6.18 Å². The number of alkyl halides is 3. The highest BCUT2D eigenvalue weighted by Crippen LogP contribution is 2.40. The molecule has 0 N–H and O–H groups in total. The first kappa shape index (κ1) is 11.9. The second-order valence-electron chi connectivity index (χ2n) is 2.51. The summed E-state index contributed by atoms with van der Waals surface area (Å²) in [6.45, 7) is 0. The maximum atomic E-state index is 12.8. The van der Waals surface area contributed by atoms with Crippen LogP contribution in [-0.2, 0) is 6.18 Å². The molecular formula is C7H2BrF4NO2. The molecule has 0 atom stereocenters. The minimum absolute atomic E-state index is 0.332. The zero-order valence-corrected chi connectivity index (χ0v) is 8.39. The monoisotopic (exact) mass is 287 g/mol. The molecule has 0 fully saturated rings. The summed E-state index contributed by atoms with van der Waals surface area (Å²) in [5.41, 5.74) is -2.80. The van der Waals surface area contributed by atoms with Gasteiger partial charge in [0.25, 0.3) is 5.69 Å². The van der Waals surface area contributed by atoms with Gasteiger partial charge in [-0.05, 0) is 28.1 Å². The van der Waals surface area contributed by atoms with Gasteiger partial charge in [0.05, 0.1) is 4.92 Å². The van der Waals surface area contributed by atoms with E-state index in [2.05, 4.69) is 15.9 Å². The zero-order valence-electron chi connectivity index (χ0n) is 6.81. The largest absolute Gasteiger partial charge is 0.423 e. The molecule has 15 heavy (non-hydrogen) atoms. The van der Waals surface area contributed by atoms with Crippen LogP contribution in [0.4, 0.5) is 23.2 Å². The van der Waals surface area contributed by atoms with Crippen molar-refractivity contribution in [3.8, 4) is 0 Å². The molecule has 0 amide bonds. The molecule has 0 unspecified atom stereocenters. The van der Waals surface area contributed by atoms with E-state index in [0.717, 1.165) is 0 Å². The molecule has 0 heterocycles. The number of hydrogen-bond donors (Lipinski definition) is 0. The first-order valence-electron chi connectivity index (χ1n) is 3.44. The van der Waals surface area contributed by atoms with Gasteiger partial charge in [-0.1, -0.05) is 0 Å². The Labute approximate surface area is 89.0 Å². The number of rotatable bonds is 1. The lowest BCUT2D eigenvalue weighted by Crippen LogP contribution is -2.09. The van der Waals surface area contributed by atoms with Crippen molar-refractivity contribution >= 4 is 21.6 Å². The van der Waals surface area contributed by atoms with Crippen molar-refractivity contribution in [2.24, 2.45) is 0 Å². The van der Waals surface area contributed by atoms with Crippen LogP contribution in [0, 0.1) is 15.9 Å². The predicted molar refractivity (Wildman–Crippen MR) is 45.8 cm³/mol. The van der Waals surface area contributed by atoms with Crippen molar-refractivity contribution in [1.29, 1.82) is 0 Å². The summed E-state index contributed by atoms with van der Waals surface area (Å²) in [6, 6.07) is 0.845. The Morgan fingerprint density at radius 2 is 1.87 bits per heavy atom. The first-order valence-corrected chi connectivity index (χ1v) is 4.24. The van der Waals surface area contributed by atoms with Crippen LogP contribution in [0.15, 0.2) is 16.6 Å². The molecule has 1 aromatic rings. The summed E-state index contributed by atoms with van der Waals surface area (Å²) in [7, 11) is 0. The lowest BCUT2D eigenvalue weighted by Gasteiger charge is -2.08. The van der Waals surface area contributed by atoms with Crippen molar-refractivity contribution in [3.05, 3.63) is 38.1 Å². The highest BCUT2D eigenvalue weighted by atomic mass is 79.9. The fraction of sp³-hybridized carbons (Fsp3) is 0.143. The number of nitro groups is 1. The molecule has 8 heteroatoms. The zero-order chi connectivity index (χ0) is 11.8. The van der Waals surface area contributed by atoms with Crippen molar-refractivity contribution < 1.29 is 22.5 Å². The summed E-state index contributed by atoms with van der Waals surface area (Å²) < 4.78 is 48.8. The van der Waals surface area contributed by atoms with Crippen molar-refractivity contribution in [2.45, 2.75) is 6.18 Å². The van der Waals surface area contributed by atoms with Crippen LogP contribution >= 0.6 is 15.9 Å². The quantitative estimate of drug-likeness (QED) is 0.451. The molecule has 82 valence electrons. The van der Waals surface area contributed by atoms with Gasteiger partial charge in [-0.3, -0.25) is 10.1 Å². The maximum Gasteiger partial charge on any atom is 0.423 e. The molecule has 0 aliphatic rings. The molecule has 3 nitrogen and oxygen atoms in total. The highest BCUT2D eigenvalue weighted by molar-refractivity contribution is 9.10. The third-order valence-electron chi connectivity index (χ3n) is 1.56. The SMILES string of the molecule is O=[N+]([O-])c1c(C(F)(F)F)ccc(F)c1Br. The predicted octanol–water partition coefficient (Wildman–Crippen LogP) is 3.52. The highest BCUT2D eigenvalue weighted by Gasteiger charge is 2.40. The van der Waals surface area contributed by atoms with Crippen LogP contribution in [0.25, 0.3) is 0 Å². The van der Waals surface area contributed by atoms with E-state index < -0.39 is 32.6 Å². The first-order chi connectivity index (χ1) is 6.75. The van der Waals surface area contributed by atoms with E-state index in [1.165, 1.54) is 0 Å². The average Bonchev–Trinajstić information content (AvgIpc) is 2.06. The van der Waals surface area contributed by atoms with Gasteiger partial charge in [-0.2, -0.15) is 13.2 Å². The van der Waals surface area contributed by atoms with E-state index in [0.29, 0.717) is 12.1 Å². The van der Waals surface area contributed by atoms with Gasteiger partial charge in [0.15, 0.2) is 0 Å². The molecule has 0 spiro atoms. The Bertz CT molecular complexity index is 418. The van der Waals surface area contributed by atoms with E-state index in [1.54, 1.807) is 0 Å². The van der Waals surface area contributed by atoms with Gasteiger partial charge in [0.2, 0.25) is 0 Å². The van der Waals surface area contributed by atoms with Crippen LogP contribution in [0.5, 0.6) is 0 Å². The summed E-state index contributed by atoms with van der Waals surface area (Å²) in [5.74, 6) is -1.12.